The van der Waals surface area contributed by atoms with Crippen LogP contribution in [0.15, 0.2) is 17.4 Å². The highest BCUT2D eigenvalue weighted by molar-refractivity contribution is 8.00. The first-order chi connectivity index (χ1) is 8.76. The zero-order valence-corrected chi connectivity index (χ0v) is 12.8. The van der Waals surface area contributed by atoms with Gasteiger partial charge in [-0.25, -0.2) is 9.97 Å². The molecule has 0 spiro atoms. The van der Waals surface area contributed by atoms with Crippen LogP contribution in [0.5, 0.6) is 0 Å². The Morgan fingerprint density at radius 1 is 1.32 bits per heavy atom. The number of thioether (sulfide) groups is 1. The van der Waals surface area contributed by atoms with Crippen LogP contribution in [0, 0.1) is 0 Å². The summed E-state index contributed by atoms with van der Waals surface area (Å²) in [4.78, 5) is 24.6. The summed E-state index contributed by atoms with van der Waals surface area (Å²) in [5, 5.41) is 0.858. The van der Waals surface area contributed by atoms with Crippen molar-refractivity contribution in [3.63, 3.8) is 0 Å². The average molecular weight is 303 g/mol. The van der Waals surface area contributed by atoms with E-state index in [0.717, 1.165) is 24.7 Å². The fourth-order valence-electron chi connectivity index (χ4n) is 1.94. The van der Waals surface area contributed by atoms with Crippen LogP contribution in [0.25, 0.3) is 0 Å². The highest BCUT2D eigenvalue weighted by Gasteiger charge is 2.26. The Morgan fingerprint density at radius 2 is 2.00 bits per heavy atom. The topological polar surface area (TPSA) is 49.3 Å². The van der Waals surface area contributed by atoms with Crippen molar-refractivity contribution in [2.75, 3.05) is 36.8 Å². The second-order valence-corrected chi connectivity index (χ2v) is 5.01. The molecule has 1 aliphatic heterocycles. The van der Waals surface area contributed by atoms with Crippen molar-refractivity contribution in [3.8, 4) is 0 Å². The molecule has 106 valence electrons. The third kappa shape index (κ3) is 3.81. The lowest BCUT2D eigenvalue weighted by Gasteiger charge is -2.29. The molecule has 0 N–H and O–H groups in total. The van der Waals surface area contributed by atoms with Crippen LogP contribution in [0.4, 0.5) is 5.82 Å². The summed E-state index contributed by atoms with van der Waals surface area (Å²) < 4.78 is 0. The molecule has 0 aliphatic carbocycles. The summed E-state index contributed by atoms with van der Waals surface area (Å²) in [7, 11) is 0. The first-order valence-electron chi connectivity index (χ1n) is 6.22. The van der Waals surface area contributed by atoms with Crippen molar-refractivity contribution >= 4 is 35.9 Å². The smallest absolute Gasteiger partial charge is 0.238 e. The number of halogens is 1. The molecule has 0 unspecified atom stereocenters. The maximum Gasteiger partial charge on any atom is 0.238 e. The van der Waals surface area contributed by atoms with Gasteiger partial charge in [-0.1, -0.05) is 25.6 Å². The SMILES string of the molecule is CCN(CC)CCN1C(=O)CSc2nccnc21.Cl. The van der Waals surface area contributed by atoms with Gasteiger partial charge in [0.05, 0.1) is 5.75 Å². The minimum absolute atomic E-state index is 0. The van der Waals surface area contributed by atoms with E-state index in [1.807, 2.05) is 0 Å². The molecule has 2 rings (SSSR count). The summed E-state index contributed by atoms with van der Waals surface area (Å²) in [6.45, 7) is 7.82. The Labute approximate surface area is 124 Å². The third-order valence-electron chi connectivity index (χ3n) is 3.07. The number of aromatic nitrogens is 2. The van der Waals surface area contributed by atoms with E-state index in [1.165, 1.54) is 11.8 Å². The standard InChI is InChI=1S/C12H18N4OS.ClH/c1-3-15(4-2)7-8-16-10(17)9-18-12-11(16)13-5-6-14-12;/h5-6H,3-4,7-9H2,1-2H3;1H. The number of rotatable bonds is 5. The molecule has 1 aromatic rings. The second kappa shape index (κ2) is 7.67. The maximum absolute atomic E-state index is 12.0. The largest absolute Gasteiger partial charge is 0.302 e. The molecule has 0 saturated heterocycles. The van der Waals surface area contributed by atoms with Gasteiger partial charge < -0.3 is 4.90 Å². The quantitative estimate of drug-likeness (QED) is 0.828. The highest BCUT2D eigenvalue weighted by Crippen LogP contribution is 2.30. The average Bonchev–Trinajstić information content (AvgIpc) is 2.42. The van der Waals surface area contributed by atoms with Crippen LogP contribution < -0.4 is 4.90 Å². The number of amides is 1. The molecule has 5 nitrogen and oxygen atoms in total. The van der Waals surface area contributed by atoms with Gasteiger partial charge >= 0.3 is 0 Å². The van der Waals surface area contributed by atoms with Gasteiger partial charge in [0.2, 0.25) is 5.91 Å². The van der Waals surface area contributed by atoms with E-state index in [-0.39, 0.29) is 18.3 Å². The molecule has 1 aliphatic rings. The first kappa shape index (κ1) is 16.2. The number of hydrogen-bond donors (Lipinski definition) is 0. The Morgan fingerprint density at radius 3 is 2.68 bits per heavy atom. The summed E-state index contributed by atoms with van der Waals surface area (Å²) in [6.07, 6.45) is 3.31. The third-order valence-corrected chi connectivity index (χ3v) is 4.02. The fourth-order valence-corrected chi connectivity index (χ4v) is 2.79. The zero-order chi connectivity index (χ0) is 13.0. The van der Waals surface area contributed by atoms with Gasteiger partial charge in [0, 0.05) is 25.5 Å². The van der Waals surface area contributed by atoms with E-state index in [0.29, 0.717) is 18.1 Å². The Bertz CT molecular complexity index is 428. The monoisotopic (exact) mass is 302 g/mol. The first-order valence-corrected chi connectivity index (χ1v) is 7.21. The van der Waals surface area contributed by atoms with Crippen molar-refractivity contribution in [3.05, 3.63) is 12.4 Å². The van der Waals surface area contributed by atoms with E-state index in [4.69, 9.17) is 0 Å². The van der Waals surface area contributed by atoms with Crippen LogP contribution >= 0.6 is 24.2 Å². The van der Waals surface area contributed by atoms with Crippen molar-refractivity contribution < 1.29 is 4.79 Å². The van der Waals surface area contributed by atoms with Crippen molar-refractivity contribution in [1.29, 1.82) is 0 Å². The molecule has 19 heavy (non-hydrogen) atoms. The van der Waals surface area contributed by atoms with Gasteiger partial charge in [0.15, 0.2) is 5.82 Å². The number of carbonyl (C=O) groups is 1. The minimum atomic E-state index is 0. The molecule has 1 aromatic heterocycles. The number of fused-ring (bicyclic) bond motifs is 1. The molecular weight excluding hydrogens is 284 g/mol. The predicted octanol–water partition coefficient (Wildman–Crippen LogP) is 1.68. The number of likely N-dealkylation sites (N-methyl/N-ethyl adjacent to an activating group) is 1. The Hall–Kier alpha value is -0.850. The molecule has 0 atom stereocenters. The molecule has 7 heteroatoms. The Kier molecular flexibility index (Phi) is 6.54. The van der Waals surface area contributed by atoms with Crippen LogP contribution in [-0.4, -0.2) is 52.7 Å². The van der Waals surface area contributed by atoms with Crippen molar-refractivity contribution in [1.82, 2.24) is 14.9 Å². The van der Waals surface area contributed by atoms with E-state index in [1.54, 1.807) is 17.3 Å². The molecule has 0 aromatic carbocycles. The summed E-state index contributed by atoms with van der Waals surface area (Å²) in [5.41, 5.74) is 0. The van der Waals surface area contributed by atoms with Gasteiger partial charge in [-0.15, -0.1) is 12.4 Å². The van der Waals surface area contributed by atoms with Crippen molar-refractivity contribution in [2.24, 2.45) is 0 Å². The van der Waals surface area contributed by atoms with Gasteiger partial charge in [-0.2, -0.15) is 0 Å². The summed E-state index contributed by atoms with van der Waals surface area (Å²) in [6, 6.07) is 0. The van der Waals surface area contributed by atoms with E-state index < -0.39 is 0 Å². The summed E-state index contributed by atoms with van der Waals surface area (Å²) >= 11 is 1.47. The van der Waals surface area contributed by atoms with Crippen LogP contribution in [0.1, 0.15) is 13.8 Å². The van der Waals surface area contributed by atoms with E-state index in [2.05, 4.69) is 28.7 Å². The molecule has 2 heterocycles. The van der Waals surface area contributed by atoms with Crippen molar-refractivity contribution in [2.45, 2.75) is 18.9 Å². The predicted molar refractivity (Wildman–Crippen MR) is 80.1 cm³/mol. The van der Waals surface area contributed by atoms with Gasteiger partial charge in [-0.3, -0.25) is 9.69 Å². The number of carbonyl (C=O) groups excluding carboxylic acids is 1. The lowest BCUT2D eigenvalue weighted by Crippen LogP contribution is -2.42. The van der Waals surface area contributed by atoms with Crippen LogP contribution in [0.3, 0.4) is 0 Å². The lowest BCUT2D eigenvalue weighted by molar-refractivity contribution is -0.116. The van der Waals surface area contributed by atoms with E-state index in [9.17, 15) is 4.79 Å². The maximum atomic E-state index is 12.0. The molecule has 0 saturated carbocycles. The zero-order valence-electron chi connectivity index (χ0n) is 11.2. The number of nitrogens with zero attached hydrogens (tertiary/aromatic N) is 4. The fraction of sp³-hybridized carbons (Fsp3) is 0.583. The Balaban J connectivity index is 0.00000180. The molecule has 0 fully saturated rings. The summed E-state index contributed by atoms with van der Waals surface area (Å²) in [5.74, 6) is 1.30. The number of anilines is 1. The van der Waals surface area contributed by atoms with Crippen LogP contribution in [0.2, 0.25) is 0 Å². The van der Waals surface area contributed by atoms with Gasteiger partial charge in [0.1, 0.15) is 5.03 Å². The molecule has 1 amide bonds. The molecule has 0 bridgehead atoms. The van der Waals surface area contributed by atoms with Crippen LogP contribution in [-0.2, 0) is 4.79 Å². The molecule has 0 radical (unpaired) electrons. The second-order valence-electron chi connectivity index (χ2n) is 4.05. The van der Waals surface area contributed by atoms with Gasteiger partial charge in [0.25, 0.3) is 0 Å². The lowest BCUT2D eigenvalue weighted by atomic mass is 10.4. The van der Waals surface area contributed by atoms with Gasteiger partial charge in [-0.05, 0) is 13.1 Å². The van der Waals surface area contributed by atoms with E-state index >= 15 is 0 Å². The molecular formula is C12H19ClN4OS. The normalized spacial score (nSPS) is 14.3. The minimum Gasteiger partial charge on any atom is -0.302 e. The highest BCUT2D eigenvalue weighted by atomic mass is 35.5. The number of hydrogen-bond acceptors (Lipinski definition) is 5.